The van der Waals surface area contributed by atoms with Crippen LogP contribution in [-0.2, 0) is 0 Å². The first-order chi connectivity index (χ1) is 9.99. The minimum atomic E-state index is -1.23. The van der Waals surface area contributed by atoms with Crippen molar-refractivity contribution in [3.8, 4) is 0 Å². The second kappa shape index (κ2) is 7.00. The van der Waals surface area contributed by atoms with Gasteiger partial charge in [0.05, 0.1) is 21.2 Å². The molecule has 0 saturated carbocycles. The first kappa shape index (κ1) is 15.9. The van der Waals surface area contributed by atoms with Crippen molar-refractivity contribution in [3.63, 3.8) is 0 Å². The van der Waals surface area contributed by atoms with Crippen molar-refractivity contribution in [2.24, 2.45) is 5.92 Å². The van der Waals surface area contributed by atoms with Gasteiger partial charge in [-0.3, -0.25) is 10.1 Å². The summed E-state index contributed by atoms with van der Waals surface area (Å²) in [5.41, 5.74) is -0.232. The molecule has 2 N–H and O–H groups in total. The molecule has 1 aliphatic rings. The largest absolute Gasteiger partial charge is 0.478 e. The zero-order valence-corrected chi connectivity index (χ0v) is 12.7. The van der Waals surface area contributed by atoms with Crippen molar-refractivity contribution in [1.29, 1.82) is 0 Å². The Bertz CT molecular complexity index is 561. The van der Waals surface area contributed by atoms with Crippen LogP contribution in [0.5, 0.6) is 0 Å². The number of non-ortho nitro benzene ring substituents is 1. The molecular weight excluding hydrogens is 316 g/mol. The monoisotopic (exact) mass is 330 g/mol. The van der Waals surface area contributed by atoms with E-state index in [2.05, 4.69) is 5.32 Å². The van der Waals surface area contributed by atoms with Gasteiger partial charge in [-0.2, -0.15) is 11.8 Å². The molecule has 0 bridgehead atoms. The van der Waals surface area contributed by atoms with Gasteiger partial charge in [0.15, 0.2) is 0 Å². The third-order valence-corrected chi connectivity index (χ3v) is 4.77. The number of thioether (sulfide) groups is 1. The van der Waals surface area contributed by atoms with Gasteiger partial charge in [-0.1, -0.05) is 11.6 Å². The topological polar surface area (TPSA) is 92.5 Å². The van der Waals surface area contributed by atoms with Crippen LogP contribution in [0.1, 0.15) is 23.2 Å². The van der Waals surface area contributed by atoms with Gasteiger partial charge in [0.25, 0.3) is 5.69 Å². The van der Waals surface area contributed by atoms with E-state index in [4.69, 9.17) is 11.6 Å². The van der Waals surface area contributed by atoms with Gasteiger partial charge in [0.1, 0.15) is 0 Å². The van der Waals surface area contributed by atoms with Crippen molar-refractivity contribution in [3.05, 3.63) is 32.8 Å². The lowest BCUT2D eigenvalue weighted by Crippen LogP contribution is -2.20. The van der Waals surface area contributed by atoms with Gasteiger partial charge >= 0.3 is 5.97 Å². The molecule has 1 heterocycles. The number of carboxylic acid groups (broad SMARTS) is 1. The second-order valence-corrected chi connectivity index (χ2v) is 6.48. The predicted molar refractivity (Wildman–Crippen MR) is 83.6 cm³/mol. The van der Waals surface area contributed by atoms with E-state index in [0.29, 0.717) is 12.5 Å². The van der Waals surface area contributed by atoms with E-state index in [1.165, 1.54) is 6.07 Å². The van der Waals surface area contributed by atoms with E-state index in [1.54, 1.807) is 0 Å². The van der Waals surface area contributed by atoms with E-state index >= 15 is 0 Å². The summed E-state index contributed by atoms with van der Waals surface area (Å²) >= 11 is 7.92. The minimum absolute atomic E-state index is 0.0618. The fourth-order valence-electron chi connectivity index (χ4n) is 2.24. The van der Waals surface area contributed by atoms with Gasteiger partial charge < -0.3 is 10.4 Å². The summed E-state index contributed by atoms with van der Waals surface area (Å²) in [5, 5.41) is 23.1. The second-order valence-electron chi connectivity index (χ2n) is 4.85. The van der Waals surface area contributed by atoms with E-state index < -0.39 is 10.9 Å². The Morgan fingerprint density at radius 2 is 2.14 bits per heavy atom. The predicted octanol–water partition coefficient (Wildman–Crippen LogP) is 3.50. The molecule has 2 rings (SSSR count). The molecule has 1 aromatic carbocycles. The van der Waals surface area contributed by atoms with Crippen LogP contribution in [0.3, 0.4) is 0 Å². The maximum Gasteiger partial charge on any atom is 0.338 e. The highest BCUT2D eigenvalue weighted by molar-refractivity contribution is 7.99. The number of hydrogen-bond donors (Lipinski definition) is 2. The standard InChI is InChI=1S/C13H15ClN2O4S/c14-11-6-9(16(19)20)5-10(13(17)18)12(11)15-7-8-1-3-21-4-2-8/h5-6,8,15H,1-4,7H2,(H,17,18). The van der Waals surface area contributed by atoms with E-state index in [9.17, 15) is 20.0 Å². The highest BCUT2D eigenvalue weighted by Crippen LogP contribution is 2.32. The molecule has 1 saturated heterocycles. The Morgan fingerprint density at radius 3 is 2.71 bits per heavy atom. The number of anilines is 1. The highest BCUT2D eigenvalue weighted by atomic mass is 35.5. The third-order valence-electron chi connectivity index (χ3n) is 3.42. The van der Waals surface area contributed by atoms with Crippen molar-refractivity contribution in [2.45, 2.75) is 12.8 Å². The van der Waals surface area contributed by atoms with Crippen molar-refractivity contribution < 1.29 is 14.8 Å². The number of carboxylic acids is 1. The van der Waals surface area contributed by atoms with E-state index in [-0.39, 0.29) is 22.0 Å². The average molecular weight is 331 g/mol. The quantitative estimate of drug-likeness (QED) is 0.634. The summed E-state index contributed by atoms with van der Waals surface area (Å²) in [6, 6.07) is 2.21. The van der Waals surface area contributed by atoms with E-state index in [0.717, 1.165) is 30.4 Å². The smallest absolute Gasteiger partial charge is 0.338 e. The van der Waals surface area contributed by atoms with Crippen LogP contribution in [0.25, 0.3) is 0 Å². The summed E-state index contributed by atoms with van der Waals surface area (Å²) < 4.78 is 0. The van der Waals surface area contributed by atoms with Crippen molar-refractivity contribution in [2.75, 3.05) is 23.4 Å². The maximum atomic E-state index is 11.3. The van der Waals surface area contributed by atoms with Crippen LogP contribution in [-0.4, -0.2) is 34.0 Å². The van der Waals surface area contributed by atoms with Crippen LogP contribution >= 0.6 is 23.4 Å². The number of nitrogens with zero attached hydrogens (tertiary/aromatic N) is 1. The molecule has 1 aromatic rings. The summed E-state index contributed by atoms with van der Waals surface area (Å²) in [5.74, 6) is 1.44. The number of nitro benzene ring substituents is 1. The Kier molecular flexibility index (Phi) is 5.30. The molecule has 0 aliphatic carbocycles. The fraction of sp³-hybridized carbons (Fsp3) is 0.462. The number of halogens is 1. The zero-order valence-electron chi connectivity index (χ0n) is 11.2. The molecule has 1 aliphatic heterocycles. The molecule has 0 unspecified atom stereocenters. The summed E-state index contributed by atoms with van der Waals surface area (Å²) in [6.45, 7) is 0.623. The van der Waals surface area contributed by atoms with Crippen LogP contribution in [0.15, 0.2) is 12.1 Å². The number of nitro groups is 1. The summed E-state index contributed by atoms with van der Waals surface area (Å²) in [4.78, 5) is 21.4. The molecule has 21 heavy (non-hydrogen) atoms. The Hall–Kier alpha value is -1.47. The molecule has 0 spiro atoms. The number of hydrogen-bond acceptors (Lipinski definition) is 5. The van der Waals surface area contributed by atoms with Gasteiger partial charge in [0, 0.05) is 18.7 Å². The SMILES string of the molecule is O=C(O)c1cc([N+](=O)[O-])cc(Cl)c1NCC1CCSCC1. The number of carbonyl (C=O) groups is 1. The molecule has 0 aromatic heterocycles. The lowest BCUT2D eigenvalue weighted by atomic mass is 10.0. The lowest BCUT2D eigenvalue weighted by Gasteiger charge is -2.22. The molecule has 0 atom stereocenters. The molecule has 114 valence electrons. The Balaban J connectivity index is 2.20. The van der Waals surface area contributed by atoms with E-state index in [1.807, 2.05) is 11.8 Å². The van der Waals surface area contributed by atoms with Crippen LogP contribution in [0, 0.1) is 16.0 Å². The molecule has 1 fully saturated rings. The number of aromatic carboxylic acids is 1. The summed E-state index contributed by atoms with van der Waals surface area (Å²) in [7, 11) is 0. The first-order valence-corrected chi connectivity index (χ1v) is 8.05. The van der Waals surface area contributed by atoms with Crippen LogP contribution in [0.2, 0.25) is 5.02 Å². The van der Waals surface area contributed by atoms with Gasteiger partial charge in [-0.15, -0.1) is 0 Å². The van der Waals surface area contributed by atoms with Crippen LogP contribution in [0.4, 0.5) is 11.4 Å². The normalized spacial score (nSPS) is 15.7. The molecule has 6 nitrogen and oxygen atoms in total. The molecule has 0 radical (unpaired) electrons. The summed E-state index contributed by atoms with van der Waals surface area (Å²) in [6.07, 6.45) is 2.15. The van der Waals surface area contributed by atoms with Crippen molar-refractivity contribution >= 4 is 40.7 Å². The number of benzene rings is 1. The highest BCUT2D eigenvalue weighted by Gasteiger charge is 2.21. The fourth-order valence-corrected chi connectivity index (χ4v) is 3.73. The minimum Gasteiger partial charge on any atom is -0.478 e. The maximum absolute atomic E-state index is 11.3. The molecular formula is C13H15ClN2O4S. The Labute approximate surface area is 131 Å². The number of nitrogens with one attached hydrogen (secondary N) is 1. The van der Waals surface area contributed by atoms with Crippen molar-refractivity contribution in [1.82, 2.24) is 0 Å². The zero-order chi connectivity index (χ0) is 15.4. The molecule has 8 heteroatoms. The molecule has 0 amide bonds. The number of rotatable bonds is 5. The van der Waals surface area contributed by atoms with Gasteiger partial charge in [0.2, 0.25) is 0 Å². The van der Waals surface area contributed by atoms with Crippen LogP contribution < -0.4 is 5.32 Å². The van der Waals surface area contributed by atoms with Gasteiger partial charge in [-0.05, 0) is 30.3 Å². The first-order valence-electron chi connectivity index (χ1n) is 6.52. The Morgan fingerprint density at radius 1 is 1.48 bits per heavy atom. The average Bonchev–Trinajstić information content (AvgIpc) is 2.46. The third kappa shape index (κ3) is 4.01. The van der Waals surface area contributed by atoms with Gasteiger partial charge in [-0.25, -0.2) is 4.79 Å². The lowest BCUT2D eigenvalue weighted by molar-refractivity contribution is -0.384.